The molecule has 58 heavy (non-hydrogen) atoms. The highest BCUT2D eigenvalue weighted by atomic mass is 16.6. The van der Waals surface area contributed by atoms with E-state index in [0.717, 1.165) is 40.0 Å². The summed E-state index contributed by atoms with van der Waals surface area (Å²) in [5, 5.41) is 0. The van der Waals surface area contributed by atoms with Crippen LogP contribution in [0.25, 0.3) is 44.5 Å². The summed E-state index contributed by atoms with van der Waals surface area (Å²) in [6.45, 7) is 0. The Morgan fingerprint density at radius 3 is 1.69 bits per heavy atom. The van der Waals surface area contributed by atoms with Gasteiger partial charge in [0.25, 0.3) is 0 Å². The van der Waals surface area contributed by atoms with Crippen molar-refractivity contribution in [3.05, 3.63) is 240 Å². The first-order chi connectivity index (χ1) is 28.8. The van der Waals surface area contributed by atoms with Crippen LogP contribution in [0.15, 0.2) is 218 Å². The summed E-state index contributed by atoms with van der Waals surface area (Å²) in [4.78, 5) is 2.44. The number of fused-ring (bicyclic) bond motifs is 12. The molecule has 0 N–H and O–H groups in total. The molecule has 0 saturated carbocycles. The van der Waals surface area contributed by atoms with Gasteiger partial charge < -0.3 is 14.4 Å². The van der Waals surface area contributed by atoms with Crippen molar-refractivity contribution in [2.45, 2.75) is 17.9 Å². The molecule has 8 aromatic carbocycles. The van der Waals surface area contributed by atoms with Gasteiger partial charge in [0.2, 0.25) is 0 Å². The van der Waals surface area contributed by atoms with E-state index in [2.05, 4.69) is 211 Å². The van der Waals surface area contributed by atoms with Gasteiger partial charge in [-0.1, -0.05) is 170 Å². The summed E-state index contributed by atoms with van der Waals surface area (Å²) in [6, 6.07) is 70.0. The fourth-order valence-corrected chi connectivity index (χ4v) is 10.1. The maximum Gasteiger partial charge on any atom is 0.177 e. The van der Waals surface area contributed by atoms with Gasteiger partial charge in [0.1, 0.15) is 5.76 Å². The lowest BCUT2D eigenvalue weighted by atomic mass is 9.70. The average Bonchev–Trinajstić information content (AvgIpc) is 3.77. The average molecular weight is 744 g/mol. The van der Waals surface area contributed by atoms with E-state index in [1.54, 1.807) is 0 Å². The van der Waals surface area contributed by atoms with E-state index < -0.39 is 5.41 Å². The molecule has 1 unspecified atom stereocenters. The molecule has 12 rings (SSSR count). The van der Waals surface area contributed by atoms with Crippen LogP contribution in [-0.2, 0) is 5.41 Å². The number of ether oxygens (including phenoxy) is 2. The Balaban J connectivity index is 0.967. The summed E-state index contributed by atoms with van der Waals surface area (Å²) < 4.78 is 14.0. The molecule has 0 saturated heterocycles. The summed E-state index contributed by atoms with van der Waals surface area (Å²) in [6.07, 6.45) is 4.99. The second-order valence-electron chi connectivity index (χ2n) is 15.5. The zero-order chi connectivity index (χ0) is 38.2. The molecule has 1 atom stereocenters. The first-order valence-electron chi connectivity index (χ1n) is 20.1. The van der Waals surface area contributed by atoms with Crippen molar-refractivity contribution in [1.82, 2.24) is 0 Å². The molecule has 0 amide bonds. The van der Waals surface area contributed by atoms with E-state index in [0.29, 0.717) is 6.42 Å². The predicted octanol–water partition coefficient (Wildman–Crippen LogP) is 13.5. The third-order valence-corrected chi connectivity index (χ3v) is 12.5. The van der Waals surface area contributed by atoms with Gasteiger partial charge in [0.05, 0.1) is 11.5 Å². The van der Waals surface area contributed by atoms with Gasteiger partial charge in [-0.15, -0.1) is 0 Å². The Kier molecular flexibility index (Phi) is 7.27. The smallest absolute Gasteiger partial charge is 0.177 e. The van der Waals surface area contributed by atoms with E-state index in [-0.39, 0.29) is 6.04 Å². The number of anilines is 2. The number of allylic oxidation sites excluding steroid dienone is 1. The number of rotatable bonds is 5. The fraction of sp³-hybridized carbons (Fsp3) is 0.0545. The quantitative estimate of drug-likeness (QED) is 0.175. The summed E-state index contributed by atoms with van der Waals surface area (Å²) >= 11 is 0. The third-order valence-electron chi connectivity index (χ3n) is 12.5. The van der Waals surface area contributed by atoms with Gasteiger partial charge >= 0.3 is 0 Å². The molecule has 3 nitrogen and oxygen atoms in total. The monoisotopic (exact) mass is 743 g/mol. The van der Waals surface area contributed by atoms with Gasteiger partial charge in [-0.3, -0.25) is 0 Å². The van der Waals surface area contributed by atoms with E-state index in [1.807, 2.05) is 0 Å². The Morgan fingerprint density at radius 1 is 0.448 bits per heavy atom. The van der Waals surface area contributed by atoms with E-state index >= 15 is 0 Å². The van der Waals surface area contributed by atoms with Crippen molar-refractivity contribution >= 4 is 11.4 Å². The van der Waals surface area contributed by atoms with Crippen molar-refractivity contribution < 1.29 is 9.47 Å². The second-order valence-corrected chi connectivity index (χ2v) is 15.5. The molecule has 274 valence electrons. The summed E-state index contributed by atoms with van der Waals surface area (Å²) in [5.41, 5.74) is 16.5. The van der Waals surface area contributed by atoms with Crippen molar-refractivity contribution in [3.63, 3.8) is 0 Å². The molecule has 8 aromatic rings. The lowest BCUT2D eigenvalue weighted by Gasteiger charge is -2.36. The number of para-hydroxylation sites is 1. The lowest BCUT2D eigenvalue weighted by molar-refractivity contribution is 0.286. The standard InChI is InChI=1S/C55H37NO2/c1-4-16-36(17-5-1)41-30-28-39(34-45(41)37-18-6-2-7-19-37)56(38-20-8-3-9-21-38)40-29-32-50-52(35-40)58-54-51(57-50)33-31-49-53(54)44-24-12-15-27-48(44)55(49)46-25-13-10-22-42(46)43-23-11-14-26-47(43)55/h1-34,40H,35H2. The zero-order valence-corrected chi connectivity index (χ0v) is 31.7. The summed E-state index contributed by atoms with van der Waals surface area (Å²) in [7, 11) is 0. The molecule has 0 fully saturated rings. The Labute approximate surface area is 338 Å². The predicted molar refractivity (Wildman–Crippen MR) is 234 cm³/mol. The fourth-order valence-electron chi connectivity index (χ4n) is 10.1. The number of benzene rings is 8. The highest BCUT2D eigenvalue weighted by Gasteiger charge is 2.53. The zero-order valence-electron chi connectivity index (χ0n) is 31.7. The van der Waals surface area contributed by atoms with Crippen LogP contribution in [-0.4, -0.2) is 6.04 Å². The second kappa shape index (κ2) is 12.8. The van der Waals surface area contributed by atoms with E-state index in [1.165, 1.54) is 61.2 Å². The van der Waals surface area contributed by atoms with Gasteiger partial charge in [0, 0.05) is 23.4 Å². The molecule has 1 aliphatic heterocycles. The Hall–Kier alpha value is -7.36. The van der Waals surface area contributed by atoms with Crippen LogP contribution in [0, 0.1) is 0 Å². The lowest BCUT2D eigenvalue weighted by Crippen LogP contribution is -2.33. The molecule has 1 heterocycles. The Bertz CT molecular complexity index is 2940. The van der Waals surface area contributed by atoms with Crippen molar-refractivity contribution in [3.8, 4) is 56.0 Å². The maximum absolute atomic E-state index is 7.21. The van der Waals surface area contributed by atoms with Crippen molar-refractivity contribution in [2.75, 3.05) is 4.90 Å². The molecule has 1 spiro atoms. The number of hydrogen-bond acceptors (Lipinski definition) is 3. The van der Waals surface area contributed by atoms with Crippen molar-refractivity contribution in [2.24, 2.45) is 0 Å². The minimum absolute atomic E-state index is 0.0403. The first kappa shape index (κ1) is 32.8. The molecule has 4 aliphatic rings. The largest absolute Gasteiger partial charge is 0.453 e. The normalized spacial score (nSPS) is 16.0. The van der Waals surface area contributed by atoms with Gasteiger partial charge in [-0.2, -0.15) is 0 Å². The van der Waals surface area contributed by atoms with Crippen LogP contribution in [0.1, 0.15) is 28.7 Å². The first-order valence-corrected chi connectivity index (χ1v) is 20.1. The van der Waals surface area contributed by atoms with Gasteiger partial charge in [-0.05, 0) is 97.6 Å². The molecule has 3 aliphatic carbocycles. The topological polar surface area (TPSA) is 21.7 Å². The van der Waals surface area contributed by atoms with Crippen LogP contribution in [0.3, 0.4) is 0 Å². The highest BCUT2D eigenvalue weighted by Crippen LogP contribution is 2.65. The number of nitrogens with zero attached hydrogens (tertiary/aromatic N) is 1. The SMILES string of the molecule is C1=CC(N(c2ccccc2)c2ccc(-c3ccccc3)c(-c3ccccc3)c2)CC2=C1Oc1ccc3c(c1O2)-c1ccccc1C31c2ccccc2-c2ccccc21. The molecule has 0 aromatic heterocycles. The number of hydrogen-bond donors (Lipinski definition) is 0. The van der Waals surface area contributed by atoms with Crippen LogP contribution < -0.4 is 14.4 Å². The summed E-state index contributed by atoms with van der Waals surface area (Å²) in [5.74, 6) is 3.14. The van der Waals surface area contributed by atoms with E-state index in [9.17, 15) is 0 Å². The minimum atomic E-state index is -0.451. The minimum Gasteiger partial charge on any atom is -0.453 e. The van der Waals surface area contributed by atoms with Gasteiger partial charge in [0.15, 0.2) is 17.3 Å². The third kappa shape index (κ3) is 4.74. The van der Waals surface area contributed by atoms with Crippen LogP contribution >= 0.6 is 0 Å². The molecule has 0 bridgehead atoms. The van der Waals surface area contributed by atoms with Crippen molar-refractivity contribution in [1.29, 1.82) is 0 Å². The maximum atomic E-state index is 7.21. The molecule has 0 radical (unpaired) electrons. The van der Waals surface area contributed by atoms with E-state index in [4.69, 9.17) is 9.47 Å². The van der Waals surface area contributed by atoms with Crippen LogP contribution in [0.5, 0.6) is 11.5 Å². The molecular weight excluding hydrogens is 707 g/mol. The highest BCUT2D eigenvalue weighted by molar-refractivity contribution is 5.97. The van der Waals surface area contributed by atoms with Crippen LogP contribution in [0.2, 0.25) is 0 Å². The molecule has 3 heteroatoms. The van der Waals surface area contributed by atoms with Gasteiger partial charge in [-0.25, -0.2) is 0 Å². The molecular formula is C55H37NO2. The Morgan fingerprint density at radius 2 is 1.02 bits per heavy atom. The van der Waals surface area contributed by atoms with Crippen LogP contribution in [0.4, 0.5) is 11.4 Å².